The van der Waals surface area contributed by atoms with Crippen LogP contribution in [-0.4, -0.2) is 51.9 Å². The number of carbonyl (C=O) groups is 1. The van der Waals surface area contributed by atoms with Crippen LogP contribution >= 0.6 is 23.2 Å². The number of aromatic hydroxyl groups is 1. The summed E-state index contributed by atoms with van der Waals surface area (Å²) >= 11 is 12.0. The summed E-state index contributed by atoms with van der Waals surface area (Å²) in [5.41, 5.74) is 0.221. The minimum Gasteiger partial charge on any atom is -0.504 e. The van der Waals surface area contributed by atoms with Crippen molar-refractivity contribution in [3.63, 3.8) is 0 Å². The Kier molecular flexibility index (Phi) is 7.98. The third kappa shape index (κ3) is 6.22. The second kappa shape index (κ2) is 10.5. The van der Waals surface area contributed by atoms with Gasteiger partial charge in [0.05, 0.1) is 34.1 Å². The highest BCUT2D eigenvalue weighted by atomic mass is 35.5. The normalized spacial score (nSPS) is 16.6. The van der Waals surface area contributed by atoms with Crippen LogP contribution in [0.3, 0.4) is 0 Å². The van der Waals surface area contributed by atoms with E-state index in [0.29, 0.717) is 30.3 Å². The summed E-state index contributed by atoms with van der Waals surface area (Å²) in [6, 6.07) is 8.43. The molecule has 168 valence electrons. The van der Waals surface area contributed by atoms with E-state index in [1.54, 1.807) is 24.3 Å². The number of para-hydroxylation sites is 1. The summed E-state index contributed by atoms with van der Waals surface area (Å²) in [5.74, 6) is -0.676. The Hall–Kier alpha value is -2.08. The largest absolute Gasteiger partial charge is 0.504 e. The molecular weight excluding hydrogens is 467 g/mol. The van der Waals surface area contributed by atoms with Crippen molar-refractivity contribution >= 4 is 50.6 Å². The number of rotatable bonds is 7. The Bertz CT molecular complexity index is 1050. The first-order valence-electron chi connectivity index (χ1n) is 9.44. The lowest BCUT2D eigenvalue weighted by Gasteiger charge is -2.23. The van der Waals surface area contributed by atoms with E-state index >= 15 is 0 Å². The van der Waals surface area contributed by atoms with E-state index in [1.807, 2.05) is 0 Å². The summed E-state index contributed by atoms with van der Waals surface area (Å²) in [6.45, 7) is 2.05. The van der Waals surface area contributed by atoms with Crippen molar-refractivity contribution in [1.82, 2.24) is 10.0 Å². The molecule has 1 aliphatic heterocycles. The minimum atomic E-state index is -4.15. The van der Waals surface area contributed by atoms with E-state index in [1.165, 1.54) is 12.1 Å². The van der Waals surface area contributed by atoms with Crippen LogP contribution in [-0.2, 0) is 14.8 Å². The van der Waals surface area contributed by atoms with Crippen molar-refractivity contribution in [3.05, 3.63) is 46.4 Å². The fourth-order valence-corrected chi connectivity index (χ4v) is 4.83. The van der Waals surface area contributed by atoms with Crippen LogP contribution in [0, 0.1) is 0 Å². The summed E-state index contributed by atoms with van der Waals surface area (Å²) in [6.07, 6.45) is 0.338. The average molecular weight is 489 g/mol. The third-order valence-electron chi connectivity index (χ3n) is 4.49. The predicted molar refractivity (Wildman–Crippen MR) is 120 cm³/mol. The van der Waals surface area contributed by atoms with Crippen LogP contribution in [0.5, 0.6) is 5.75 Å². The van der Waals surface area contributed by atoms with E-state index in [0.717, 1.165) is 6.54 Å². The molecule has 0 aromatic heterocycles. The maximum absolute atomic E-state index is 12.7. The molecule has 2 amide bonds. The Morgan fingerprint density at radius 2 is 1.87 bits per heavy atom. The fourth-order valence-electron chi connectivity index (χ4n) is 2.97. The predicted octanol–water partition coefficient (Wildman–Crippen LogP) is 3.00. The summed E-state index contributed by atoms with van der Waals surface area (Å²) in [5, 5.41) is 18.7. The highest BCUT2D eigenvalue weighted by Crippen LogP contribution is 2.37. The Labute approximate surface area is 190 Å². The van der Waals surface area contributed by atoms with Crippen LogP contribution in [0.2, 0.25) is 10.0 Å². The number of urea groups is 1. The van der Waals surface area contributed by atoms with Crippen molar-refractivity contribution in [2.75, 3.05) is 36.9 Å². The molecular formula is C19H22Cl2N4O5S. The van der Waals surface area contributed by atoms with Gasteiger partial charge in [-0.15, -0.1) is 0 Å². The highest BCUT2D eigenvalue weighted by molar-refractivity contribution is 7.89. The van der Waals surface area contributed by atoms with Crippen molar-refractivity contribution in [2.45, 2.75) is 17.4 Å². The highest BCUT2D eigenvalue weighted by Gasteiger charge is 2.26. The van der Waals surface area contributed by atoms with E-state index < -0.39 is 26.7 Å². The molecule has 0 radical (unpaired) electrons. The summed E-state index contributed by atoms with van der Waals surface area (Å²) in [7, 11) is -4.15. The number of hydrogen-bond acceptors (Lipinski definition) is 6. The third-order valence-corrected chi connectivity index (χ3v) is 6.78. The number of morpholine rings is 1. The van der Waals surface area contributed by atoms with Crippen LogP contribution in [0.15, 0.2) is 41.3 Å². The van der Waals surface area contributed by atoms with Crippen LogP contribution < -0.4 is 20.7 Å². The van der Waals surface area contributed by atoms with Gasteiger partial charge in [0.1, 0.15) is 4.90 Å². The summed E-state index contributed by atoms with van der Waals surface area (Å²) in [4.78, 5) is 11.7. The van der Waals surface area contributed by atoms with Gasteiger partial charge in [-0.2, -0.15) is 0 Å². The number of amides is 2. The van der Waals surface area contributed by atoms with Gasteiger partial charge in [-0.05, 0) is 30.7 Å². The van der Waals surface area contributed by atoms with Gasteiger partial charge >= 0.3 is 6.03 Å². The summed E-state index contributed by atoms with van der Waals surface area (Å²) < 4.78 is 33.4. The van der Waals surface area contributed by atoms with Crippen LogP contribution in [0.1, 0.15) is 6.42 Å². The Balaban J connectivity index is 1.70. The smallest absolute Gasteiger partial charge is 0.323 e. The first kappa shape index (κ1) is 23.6. The number of phenols is 1. The van der Waals surface area contributed by atoms with Gasteiger partial charge in [-0.1, -0.05) is 35.3 Å². The van der Waals surface area contributed by atoms with Gasteiger partial charge < -0.3 is 25.8 Å². The quantitative estimate of drug-likeness (QED) is 0.381. The monoisotopic (exact) mass is 488 g/mol. The lowest BCUT2D eigenvalue weighted by Crippen LogP contribution is -2.40. The zero-order valence-corrected chi connectivity index (χ0v) is 18.6. The topological polar surface area (TPSA) is 129 Å². The van der Waals surface area contributed by atoms with E-state index in [-0.39, 0.29) is 23.4 Å². The fraction of sp³-hybridized carbons (Fsp3) is 0.316. The molecule has 1 saturated heterocycles. The van der Waals surface area contributed by atoms with Crippen LogP contribution in [0.4, 0.5) is 16.2 Å². The molecule has 0 spiro atoms. The van der Waals surface area contributed by atoms with Crippen molar-refractivity contribution in [3.8, 4) is 5.75 Å². The zero-order chi connectivity index (χ0) is 22.4. The van der Waals surface area contributed by atoms with E-state index in [2.05, 4.69) is 20.7 Å². The molecule has 9 nitrogen and oxygen atoms in total. The molecule has 31 heavy (non-hydrogen) atoms. The average Bonchev–Trinajstić information content (AvgIpc) is 2.72. The number of carbonyl (C=O) groups excluding carboxylic acids is 1. The van der Waals surface area contributed by atoms with Gasteiger partial charge in [-0.25, -0.2) is 17.9 Å². The maximum atomic E-state index is 12.7. The molecule has 3 rings (SSSR count). The van der Waals surface area contributed by atoms with Gasteiger partial charge in [0, 0.05) is 19.6 Å². The molecule has 1 unspecified atom stereocenters. The molecule has 0 saturated carbocycles. The van der Waals surface area contributed by atoms with Gasteiger partial charge in [-0.3, -0.25) is 0 Å². The molecule has 0 bridgehead atoms. The number of nitrogens with one attached hydrogen (secondary N) is 4. The first-order chi connectivity index (χ1) is 14.8. The number of halogens is 2. The van der Waals surface area contributed by atoms with Crippen molar-refractivity contribution in [1.29, 1.82) is 0 Å². The molecule has 1 atom stereocenters. The number of phenolic OH excluding ortho intramolecular Hbond substituents is 1. The Morgan fingerprint density at radius 3 is 2.58 bits per heavy atom. The zero-order valence-electron chi connectivity index (χ0n) is 16.3. The second-order valence-corrected chi connectivity index (χ2v) is 9.23. The Morgan fingerprint density at radius 1 is 1.13 bits per heavy atom. The molecule has 2 aromatic rings. The second-order valence-electron chi connectivity index (χ2n) is 6.72. The standard InChI is InChI=1S/C19H22Cl2N4O5S/c20-13-3-1-2-4-15(13)24-19(27)25-16-6-5-14(21)18(17(16)26)31(28,29)23-8-7-12-11-22-9-10-30-12/h1-6,12,22-23,26H,7-11H2,(H2,24,25,27). The van der Waals surface area contributed by atoms with Gasteiger partial charge in [0.2, 0.25) is 10.0 Å². The first-order valence-corrected chi connectivity index (χ1v) is 11.7. The van der Waals surface area contributed by atoms with E-state index in [9.17, 15) is 18.3 Å². The molecule has 1 aliphatic rings. The number of ether oxygens (including phenoxy) is 1. The van der Waals surface area contributed by atoms with Crippen molar-refractivity contribution in [2.24, 2.45) is 0 Å². The maximum Gasteiger partial charge on any atom is 0.323 e. The van der Waals surface area contributed by atoms with Crippen LogP contribution in [0.25, 0.3) is 0 Å². The molecule has 5 N–H and O–H groups in total. The van der Waals surface area contributed by atoms with Crippen molar-refractivity contribution < 1.29 is 23.1 Å². The SMILES string of the molecule is O=C(Nc1ccccc1Cl)Nc1ccc(Cl)c(S(=O)(=O)NCCC2CNCCO2)c1O. The molecule has 12 heteroatoms. The molecule has 1 fully saturated rings. The molecule has 1 heterocycles. The van der Waals surface area contributed by atoms with E-state index in [4.69, 9.17) is 27.9 Å². The number of sulfonamides is 1. The number of benzene rings is 2. The lowest BCUT2D eigenvalue weighted by molar-refractivity contribution is 0.0247. The molecule has 2 aromatic carbocycles. The number of hydrogen-bond donors (Lipinski definition) is 5. The molecule has 0 aliphatic carbocycles. The minimum absolute atomic E-state index is 0.0924. The van der Waals surface area contributed by atoms with Gasteiger partial charge in [0.25, 0.3) is 0 Å². The lowest BCUT2D eigenvalue weighted by atomic mass is 10.2. The van der Waals surface area contributed by atoms with Gasteiger partial charge in [0.15, 0.2) is 5.75 Å². The number of anilines is 2.